The van der Waals surface area contributed by atoms with Crippen molar-refractivity contribution in [3.05, 3.63) is 33.8 Å². The van der Waals surface area contributed by atoms with Crippen LogP contribution in [0.25, 0.3) is 0 Å². The summed E-state index contributed by atoms with van der Waals surface area (Å²) in [6.45, 7) is 4.78. The van der Waals surface area contributed by atoms with E-state index in [2.05, 4.69) is 33.4 Å². The number of nitrogens with one attached hydrogen (secondary N) is 1. The predicted molar refractivity (Wildman–Crippen MR) is 97.5 cm³/mol. The van der Waals surface area contributed by atoms with E-state index in [1.54, 1.807) is 4.90 Å². The van der Waals surface area contributed by atoms with Crippen LogP contribution in [0.1, 0.15) is 56.7 Å². The van der Waals surface area contributed by atoms with Crippen LogP contribution in [-0.4, -0.2) is 29.3 Å². The van der Waals surface area contributed by atoms with E-state index in [1.807, 2.05) is 19.9 Å². The van der Waals surface area contributed by atoms with Crippen molar-refractivity contribution in [1.29, 1.82) is 0 Å². The number of likely N-dealkylation sites (tertiary alicyclic amines) is 1. The lowest BCUT2D eigenvalue weighted by Crippen LogP contribution is -2.46. The molecule has 0 aromatic heterocycles. The Kier molecular flexibility index (Phi) is 5.28. The predicted octanol–water partition coefficient (Wildman–Crippen LogP) is 3.59. The molecule has 1 saturated heterocycles. The van der Waals surface area contributed by atoms with Crippen LogP contribution in [0.3, 0.4) is 0 Å². The van der Waals surface area contributed by atoms with Gasteiger partial charge in [-0.25, -0.2) is 0 Å². The molecule has 0 unspecified atom stereocenters. The van der Waals surface area contributed by atoms with Gasteiger partial charge in [0.1, 0.15) is 6.04 Å². The molecule has 1 heterocycles. The molecule has 0 radical (unpaired) electrons. The third-order valence-corrected chi connectivity index (χ3v) is 5.45. The number of hydrogen-bond acceptors (Lipinski definition) is 2. The third kappa shape index (κ3) is 3.66. The van der Waals surface area contributed by atoms with Crippen LogP contribution in [0, 0.1) is 5.92 Å². The zero-order valence-electron chi connectivity index (χ0n) is 14.3. The second-order valence-corrected chi connectivity index (χ2v) is 8.20. The van der Waals surface area contributed by atoms with Crippen LogP contribution in [0.2, 0.25) is 0 Å². The van der Waals surface area contributed by atoms with Crippen LogP contribution < -0.4 is 5.32 Å². The van der Waals surface area contributed by atoms with Crippen molar-refractivity contribution in [2.45, 2.75) is 58.0 Å². The molecule has 1 aliphatic heterocycles. The molecule has 1 aliphatic carbocycles. The van der Waals surface area contributed by atoms with Crippen molar-refractivity contribution in [2.75, 3.05) is 6.54 Å². The molecule has 1 aromatic carbocycles. The Labute approximate surface area is 152 Å². The number of rotatable bonds is 4. The maximum Gasteiger partial charge on any atom is 0.243 e. The number of aryl methyl sites for hydroxylation is 1. The molecule has 130 valence electrons. The molecule has 1 fully saturated rings. The molecule has 1 N–H and O–H groups in total. The third-order valence-electron chi connectivity index (χ3n) is 4.96. The molecule has 2 atom stereocenters. The highest BCUT2D eigenvalue weighted by atomic mass is 79.9. The topological polar surface area (TPSA) is 49.4 Å². The maximum atomic E-state index is 12.8. The number of nitrogens with zero attached hydrogens (tertiary/aromatic N) is 1. The maximum absolute atomic E-state index is 12.8. The van der Waals surface area contributed by atoms with Gasteiger partial charge in [-0.3, -0.25) is 9.59 Å². The Bertz CT molecular complexity index is 644. The number of hydrogen-bond donors (Lipinski definition) is 1. The lowest BCUT2D eigenvalue weighted by Gasteiger charge is -2.26. The second-order valence-electron chi connectivity index (χ2n) is 7.29. The van der Waals surface area contributed by atoms with Crippen LogP contribution >= 0.6 is 15.9 Å². The minimum absolute atomic E-state index is 0.00498. The van der Waals surface area contributed by atoms with Crippen molar-refractivity contribution in [3.8, 4) is 0 Å². The van der Waals surface area contributed by atoms with Gasteiger partial charge in [-0.05, 0) is 54.9 Å². The summed E-state index contributed by atoms with van der Waals surface area (Å²) in [7, 11) is 0. The first-order valence-corrected chi connectivity index (χ1v) is 9.63. The molecule has 2 amide bonds. The second kappa shape index (κ2) is 7.26. The summed E-state index contributed by atoms with van der Waals surface area (Å²) in [5, 5.41) is 3.19. The molecule has 3 rings (SSSR count). The molecule has 5 heteroatoms. The number of carbonyl (C=O) groups excluding carboxylic acids is 2. The fourth-order valence-electron chi connectivity index (χ4n) is 3.81. The summed E-state index contributed by atoms with van der Waals surface area (Å²) in [6, 6.07) is 6.03. The van der Waals surface area contributed by atoms with Crippen LogP contribution in [0.5, 0.6) is 0 Å². The molecule has 0 saturated carbocycles. The van der Waals surface area contributed by atoms with Gasteiger partial charge in [-0.2, -0.15) is 0 Å². The summed E-state index contributed by atoms with van der Waals surface area (Å²) >= 11 is 3.50. The molecule has 2 aliphatic rings. The lowest BCUT2D eigenvalue weighted by molar-refractivity contribution is -0.139. The molecular formula is C19H25BrN2O2. The molecule has 4 nitrogen and oxygen atoms in total. The molecular weight excluding hydrogens is 368 g/mol. The highest BCUT2D eigenvalue weighted by Crippen LogP contribution is 2.33. The quantitative estimate of drug-likeness (QED) is 0.850. The SMILES string of the molecule is CC(C)CC(=O)N1CCC[C@H]1C(=O)N[C@H]1CCc2cc(Br)ccc21. The first kappa shape index (κ1) is 17.5. The summed E-state index contributed by atoms with van der Waals surface area (Å²) in [5.74, 6) is 0.436. The van der Waals surface area contributed by atoms with E-state index in [1.165, 1.54) is 11.1 Å². The van der Waals surface area contributed by atoms with E-state index in [0.717, 1.165) is 30.2 Å². The van der Waals surface area contributed by atoms with Gasteiger partial charge in [-0.15, -0.1) is 0 Å². The van der Waals surface area contributed by atoms with E-state index in [-0.39, 0.29) is 23.9 Å². The minimum Gasteiger partial charge on any atom is -0.347 e. The van der Waals surface area contributed by atoms with E-state index < -0.39 is 0 Å². The van der Waals surface area contributed by atoms with Gasteiger partial charge in [0.2, 0.25) is 11.8 Å². The number of benzene rings is 1. The number of carbonyl (C=O) groups is 2. The Morgan fingerprint density at radius 1 is 1.33 bits per heavy atom. The Hall–Kier alpha value is -1.36. The first-order chi connectivity index (χ1) is 11.5. The summed E-state index contributed by atoms with van der Waals surface area (Å²) in [4.78, 5) is 26.9. The largest absolute Gasteiger partial charge is 0.347 e. The molecule has 0 bridgehead atoms. The highest BCUT2D eigenvalue weighted by molar-refractivity contribution is 9.10. The van der Waals surface area contributed by atoms with E-state index >= 15 is 0 Å². The standard InChI is InChI=1S/C19H25BrN2O2/c1-12(2)10-18(23)22-9-3-4-17(22)19(24)21-16-8-5-13-11-14(20)6-7-15(13)16/h6-7,11-12,16-17H,3-5,8-10H2,1-2H3,(H,21,24)/t16-,17-/m0/s1. The van der Waals surface area contributed by atoms with Gasteiger partial charge < -0.3 is 10.2 Å². The average Bonchev–Trinajstić information content (AvgIpc) is 3.13. The summed E-state index contributed by atoms with van der Waals surface area (Å²) in [5.41, 5.74) is 2.51. The van der Waals surface area contributed by atoms with Gasteiger partial charge >= 0.3 is 0 Å². The van der Waals surface area contributed by atoms with Gasteiger partial charge in [0.05, 0.1) is 6.04 Å². The molecule has 0 spiro atoms. The van der Waals surface area contributed by atoms with Crippen molar-refractivity contribution < 1.29 is 9.59 Å². The average molecular weight is 393 g/mol. The van der Waals surface area contributed by atoms with Gasteiger partial charge in [0, 0.05) is 17.4 Å². The Morgan fingerprint density at radius 2 is 2.12 bits per heavy atom. The fraction of sp³-hybridized carbons (Fsp3) is 0.579. The van der Waals surface area contributed by atoms with Crippen molar-refractivity contribution in [1.82, 2.24) is 10.2 Å². The van der Waals surface area contributed by atoms with Crippen LogP contribution in [-0.2, 0) is 16.0 Å². The highest BCUT2D eigenvalue weighted by Gasteiger charge is 2.35. The minimum atomic E-state index is -0.296. The van der Waals surface area contributed by atoms with Crippen molar-refractivity contribution in [3.63, 3.8) is 0 Å². The van der Waals surface area contributed by atoms with E-state index in [4.69, 9.17) is 0 Å². The fourth-order valence-corrected chi connectivity index (χ4v) is 4.22. The monoisotopic (exact) mass is 392 g/mol. The van der Waals surface area contributed by atoms with Gasteiger partial charge in [-0.1, -0.05) is 35.8 Å². The molecule has 24 heavy (non-hydrogen) atoms. The summed E-state index contributed by atoms with van der Waals surface area (Å²) in [6.07, 6.45) is 4.13. The summed E-state index contributed by atoms with van der Waals surface area (Å²) < 4.78 is 1.08. The number of fused-ring (bicyclic) bond motifs is 1. The van der Waals surface area contributed by atoms with Gasteiger partial charge in [0.25, 0.3) is 0 Å². The zero-order valence-corrected chi connectivity index (χ0v) is 15.9. The first-order valence-electron chi connectivity index (χ1n) is 8.84. The molecule has 1 aromatic rings. The lowest BCUT2D eigenvalue weighted by atomic mass is 10.1. The van der Waals surface area contributed by atoms with Gasteiger partial charge in [0.15, 0.2) is 0 Å². The smallest absolute Gasteiger partial charge is 0.243 e. The van der Waals surface area contributed by atoms with Crippen LogP contribution in [0.15, 0.2) is 22.7 Å². The van der Waals surface area contributed by atoms with Crippen LogP contribution in [0.4, 0.5) is 0 Å². The number of amides is 2. The van der Waals surface area contributed by atoms with E-state index in [9.17, 15) is 9.59 Å². The van der Waals surface area contributed by atoms with Crippen molar-refractivity contribution in [2.24, 2.45) is 5.92 Å². The van der Waals surface area contributed by atoms with E-state index in [0.29, 0.717) is 18.9 Å². The normalized spacial score (nSPS) is 22.8. The Morgan fingerprint density at radius 3 is 2.88 bits per heavy atom. The zero-order chi connectivity index (χ0) is 17.3. The van der Waals surface area contributed by atoms with Crippen molar-refractivity contribution >= 4 is 27.7 Å². The number of halogens is 1. The Balaban J connectivity index is 1.66.